The molecule has 1 aliphatic rings. The fourth-order valence-electron chi connectivity index (χ4n) is 3.56. The van der Waals surface area contributed by atoms with Crippen molar-refractivity contribution >= 4 is 46.4 Å². The van der Waals surface area contributed by atoms with E-state index in [1.54, 1.807) is 67.8 Å². The van der Waals surface area contributed by atoms with Gasteiger partial charge in [0.15, 0.2) is 0 Å². The summed E-state index contributed by atoms with van der Waals surface area (Å²) in [5.74, 6) is -0.792. The molecule has 1 aliphatic heterocycles. The van der Waals surface area contributed by atoms with Crippen LogP contribution in [0.2, 0.25) is 0 Å². The Balaban J connectivity index is 1.49. The molecule has 3 aromatic carbocycles. The highest BCUT2D eigenvalue weighted by molar-refractivity contribution is 6.53. The van der Waals surface area contributed by atoms with E-state index in [4.69, 9.17) is 16.3 Å². The van der Waals surface area contributed by atoms with Crippen LogP contribution in [0, 0.1) is 13.8 Å². The van der Waals surface area contributed by atoms with Crippen molar-refractivity contribution in [3.63, 3.8) is 0 Å². The third-order valence-electron chi connectivity index (χ3n) is 5.59. The summed E-state index contributed by atoms with van der Waals surface area (Å²) in [5.41, 5.74) is 3.79. The second kappa shape index (κ2) is 9.41. The molecule has 1 heterocycles. The molecule has 0 bridgehead atoms. The first-order chi connectivity index (χ1) is 16.3. The maximum atomic E-state index is 13.1. The van der Waals surface area contributed by atoms with Crippen molar-refractivity contribution < 1.29 is 19.1 Å². The van der Waals surface area contributed by atoms with Crippen LogP contribution in [0.5, 0.6) is 5.75 Å². The van der Waals surface area contributed by atoms with E-state index in [2.05, 4.69) is 10.6 Å². The van der Waals surface area contributed by atoms with Gasteiger partial charge in [-0.2, -0.15) is 0 Å². The quantitative estimate of drug-likeness (QED) is 0.490. The summed E-state index contributed by atoms with van der Waals surface area (Å²) >= 11 is 6.24. The Kier molecular flexibility index (Phi) is 6.38. The lowest BCUT2D eigenvalue weighted by atomic mass is 10.1. The van der Waals surface area contributed by atoms with Gasteiger partial charge < -0.3 is 15.4 Å². The number of rotatable bonds is 6. The summed E-state index contributed by atoms with van der Waals surface area (Å²) in [7, 11) is 1.55. The fourth-order valence-corrected chi connectivity index (χ4v) is 3.77. The molecular formula is C26H22ClN3O4. The average Bonchev–Trinajstić information content (AvgIpc) is 3.04. The predicted octanol–water partition coefficient (Wildman–Crippen LogP) is 5.00. The lowest BCUT2D eigenvalue weighted by Crippen LogP contribution is -2.33. The highest BCUT2D eigenvalue weighted by atomic mass is 35.5. The molecule has 2 N–H and O–H groups in total. The number of methoxy groups -OCH3 is 1. The van der Waals surface area contributed by atoms with Gasteiger partial charge in [-0.15, -0.1) is 0 Å². The fraction of sp³-hybridized carbons (Fsp3) is 0.115. The van der Waals surface area contributed by atoms with Crippen LogP contribution in [0.25, 0.3) is 0 Å². The van der Waals surface area contributed by atoms with Crippen molar-refractivity contribution in [2.24, 2.45) is 0 Å². The first-order valence-corrected chi connectivity index (χ1v) is 10.8. The average molecular weight is 476 g/mol. The Morgan fingerprint density at radius 2 is 1.62 bits per heavy atom. The van der Waals surface area contributed by atoms with E-state index in [-0.39, 0.29) is 16.6 Å². The zero-order valence-corrected chi connectivity index (χ0v) is 19.6. The van der Waals surface area contributed by atoms with Gasteiger partial charge in [0, 0.05) is 23.0 Å². The number of nitrogens with zero attached hydrogens (tertiary/aromatic N) is 1. The molecule has 7 nitrogen and oxygen atoms in total. The van der Waals surface area contributed by atoms with E-state index in [1.165, 1.54) is 0 Å². The summed E-state index contributed by atoms with van der Waals surface area (Å²) < 4.78 is 5.16. The Morgan fingerprint density at radius 1 is 0.912 bits per heavy atom. The highest BCUT2D eigenvalue weighted by Crippen LogP contribution is 2.33. The number of benzene rings is 3. The zero-order chi connectivity index (χ0) is 24.4. The van der Waals surface area contributed by atoms with Crippen LogP contribution in [-0.2, 0) is 9.59 Å². The van der Waals surface area contributed by atoms with Crippen molar-refractivity contribution in [3.05, 3.63) is 94.1 Å². The summed E-state index contributed by atoms with van der Waals surface area (Å²) in [6, 6.07) is 18.9. The predicted molar refractivity (Wildman–Crippen MR) is 132 cm³/mol. The molecule has 3 aromatic rings. The number of halogens is 1. The Labute approximate surface area is 202 Å². The van der Waals surface area contributed by atoms with Crippen LogP contribution < -0.4 is 20.3 Å². The molecule has 8 heteroatoms. The third kappa shape index (κ3) is 4.38. The standard InChI is InChI=1S/C26H22ClN3O4/c1-15-6-4-9-21(16(15)2)30-25(32)22(27)23(26(30)33)28-18-12-10-17(11-13-18)24(31)29-19-7-5-8-20(14-19)34-3/h4-14,28H,1-3H3,(H,29,31). The highest BCUT2D eigenvalue weighted by Gasteiger charge is 2.39. The van der Waals surface area contributed by atoms with E-state index in [0.717, 1.165) is 16.0 Å². The van der Waals surface area contributed by atoms with Gasteiger partial charge >= 0.3 is 0 Å². The lowest BCUT2D eigenvalue weighted by molar-refractivity contribution is -0.120. The molecule has 0 aromatic heterocycles. The van der Waals surface area contributed by atoms with Crippen LogP contribution >= 0.6 is 11.6 Å². The maximum Gasteiger partial charge on any atom is 0.283 e. The van der Waals surface area contributed by atoms with Crippen molar-refractivity contribution in [1.29, 1.82) is 0 Å². The summed E-state index contributed by atoms with van der Waals surface area (Å²) in [6.07, 6.45) is 0. The normalized spacial score (nSPS) is 13.4. The number of hydrogen-bond donors (Lipinski definition) is 2. The second-order valence-corrected chi connectivity index (χ2v) is 8.12. The van der Waals surface area contributed by atoms with Gasteiger partial charge in [-0.25, -0.2) is 4.90 Å². The Hall–Kier alpha value is -4.10. The minimum absolute atomic E-state index is 0.0128. The lowest BCUT2D eigenvalue weighted by Gasteiger charge is -2.18. The second-order valence-electron chi connectivity index (χ2n) is 7.74. The maximum absolute atomic E-state index is 13.1. The summed E-state index contributed by atoms with van der Waals surface area (Å²) in [6.45, 7) is 3.75. The molecule has 34 heavy (non-hydrogen) atoms. The number of carbonyl (C=O) groups excluding carboxylic acids is 3. The van der Waals surface area contributed by atoms with E-state index in [1.807, 2.05) is 19.9 Å². The molecule has 0 saturated carbocycles. The number of aryl methyl sites for hydroxylation is 1. The van der Waals surface area contributed by atoms with Gasteiger partial charge in [-0.05, 0) is 67.4 Å². The number of anilines is 3. The van der Waals surface area contributed by atoms with Crippen LogP contribution in [0.4, 0.5) is 17.1 Å². The van der Waals surface area contributed by atoms with Crippen LogP contribution in [0.15, 0.2) is 77.5 Å². The molecule has 0 fully saturated rings. The van der Waals surface area contributed by atoms with E-state index >= 15 is 0 Å². The van der Waals surface area contributed by atoms with Gasteiger partial charge in [-0.1, -0.05) is 29.8 Å². The van der Waals surface area contributed by atoms with Crippen LogP contribution in [0.1, 0.15) is 21.5 Å². The van der Waals surface area contributed by atoms with E-state index < -0.39 is 11.8 Å². The smallest absolute Gasteiger partial charge is 0.283 e. The first kappa shape index (κ1) is 23.1. The number of carbonyl (C=O) groups is 3. The van der Waals surface area contributed by atoms with Crippen molar-refractivity contribution in [1.82, 2.24) is 0 Å². The molecule has 0 aliphatic carbocycles. The van der Waals surface area contributed by atoms with Gasteiger partial charge in [0.2, 0.25) is 0 Å². The SMILES string of the molecule is COc1cccc(NC(=O)c2ccc(NC3=C(Cl)C(=O)N(c4cccc(C)c4C)C3=O)cc2)c1. The van der Waals surface area contributed by atoms with E-state index in [9.17, 15) is 14.4 Å². The number of amides is 3. The van der Waals surface area contributed by atoms with Crippen molar-refractivity contribution in [2.75, 3.05) is 22.6 Å². The molecule has 0 saturated heterocycles. The number of hydrogen-bond acceptors (Lipinski definition) is 5. The number of nitrogens with one attached hydrogen (secondary N) is 2. The van der Waals surface area contributed by atoms with Crippen molar-refractivity contribution in [2.45, 2.75) is 13.8 Å². The minimum Gasteiger partial charge on any atom is -0.497 e. The minimum atomic E-state index is -0.586. The van der Waals surface area contributed by atoms with Gasteiger partial charge in [0.05, 0.1) is 12.8 Å². The summed E-state index contributed by atoms with van der Waals surface area (Å²) in [4.78, 5) is 39.4. The van der Waals surface area contributed by atoms with Gasteiger partial charge in [-0.3, -0.25) is 14.4 Å². The van der Waals surface area contributed by atoms with E-state index in [0.29, 0.717) is 28.4 Å². The monoisotopic (exact) mass is 475 g/mol. The largest absolute Gasteiger partial charge is 0.497 e. The zero-order valence-electron chi connectivity index (χ0n) is 18.8. The Bertz CT molecular complexity index is 1330. The third-order valence-corrected chi connectivity index (χ3v) is 5.94. The number of imide groups is 1. The molecule has 172 valence electrons. The topological polar surface area (TPSA) is 87.7 Å². The van der Waals surface area contributed by atoms with Crippen LogP contribution in [-0.4, -0.2) is 24.8 Å². The summed E-state index contributed by atoms with van der Waals surface area (Å²) in [5, 5.41) is 5.54. The molecule has 0 atom stereocenters. The van der Waals surface area contributed by atoms with Crippen LogP contribution in [0.3, 0.4) is 0 Å². The molecule has 0 spiro atoms. The molecule has 3 amide bonds. The molecule has 4 rings (SSSR count). The molecule has 0 radical (unpaired) electrons. The molecule has 0 unspecified atom stereocenters. The Morgan fingerprint density at radius 3 is 2.32 bits per heavy atom. The van der Waals surface area contributed by atoms with Crippen molar-refractivity contribution in [3.8, 4) is 5.75 Å². The van der Waals surface area contributed by atoms with Gasteiger partial charge in [0.25, 0.3) is 17.7 Å². The number of ether oxygens (including phenoxy) is 1. The molecular weight excluding hydrogens is 454 g/mol. The van der Waals surface area contributed by atoms with Gasteiger partial charge in [0.1, 0.15) is 16.5 Å². The first-order valence-electron chi connectivity index (χ1n) is 10.5.